The monoisotopic (exact) mass is 489 g/mol. The molecule has 1 rings (SSSR count). The number of hydrogen-bond acceptors (Lipinski definition) is 3. The third-order valence-corrected chi connectivity index (χ3v) is 4.83. The van der Waals surface area contributed by atoms with Gasteiger partial charge in [-0.1, -0.05) is 15.9 Å². The molecule has 0 unspecified atom stereocenters. The van der Waals surface area contributed by atoms with E-state index in [0.717, 1.165) is 10.4 Å². The van der Waals surface area contributed by atoms with Crippen LogP contribution in [0.2, 0.25) is 0 Å². The number of aliphatic imine (C=N–C) groups is 1. The highest BCUT2D eigenvalue weighted by atomic mass is 127. The van der Waals surface area contributed by atoms with Crippen LogP contribution in [0, 0.1) is 0 Å². The summed E-state index contributed by atoms with van der Waals surface area (Å²) in [4.78, 5) is 8.36. The van der Waals surface area contributed by atoms with Gasteiger partial charge in [-0.3, -0.25) is 4.99 Å². The number of nitrogens with zero attached hydrogens (tertiary/aromatic N) is 3. The van der Waals surface area contributed by atoms with Gasteiger partial charge in [0.15, 0.2) is 15.8 Å². The minimum absolute atomic E-state index is 0. The lowest BCUT2D eigenvalue weighted by atomic mass is 10.4. The number of benzene rings is 1. The predicted molar refractivity (Wildman–Crippen MR) is 101 cm³/mol. The summed E-state index contributed by atoms with van der Waals surface area (Å²) < 4.78 is 25.2. The molecule has 0 aromatic heterocycles. The molecule has 8 heteroatoms. The molecule has 0 saturated carbocycles. The van der Waals surface area contributed by atoms with Gasteiger partial charge in [-0.15, -0.1) is 24.0 Å². The summed E-state index contributed by atoms with van der Waals surface area (Å²) in [6.45, 7) is 0.240. The van der Waals surface area contributed by atoms with E-state index in [4.69, 9.17) is 0 Å². The standard InChI is InChI=1S/C13H20BrN3O2S.HI/c1-16(2)13(17(3)4)15-9-10-20(18,19)12-7-5-11(14)6-8-12;/h5-8H,9-10H2,1-4H3;1H. The summed E-state index contributed by atoms with van der Waals surface area (Å²) in [6, 6.07) is 6.65. The van der Waals surface area contributed by atoms with Crippen molar-refractivity contribution < 1.29 is 8.42 Å². The first-order chi connectivity index (χ1) is 9.24. The first-order valence-corrected chi connectivity index (χ1v) is 8.56. The van der Waals surface area contributed by atoms with Gasteiger partial charge in [0.2, 0.25) is 0 Å². The van der Waals surface area contributed by atoms with E-state index in [9.17, 15) is 8.42 Å². The molecule has 0 spiro atoms. The highest BCUT2D eigenvalue weighted by Crippen LogP contribution is 2.15. The highest BCUT2D eigenvalue weighted by Gasteiger charge is 2.14. The summed E-state index contributed by atoms with van der Waals surface area (Å²) in [6.07, 6.45) is 0. The zero-order valence-electron chi connectivity index (χ0n) is 12.6. The topological polar surface area (TPSA) is 53.0 Å². The van der Waals surface area contributed by atoms with Crippen molar-refractivity contribution in [3.63, 3.8) is 0 Å². The van der Waals surface area contributed by atoms with Crippen molar-refractivity contribution in [2.24, 2.45) is 4.99 Å². The number of halogens is 2. The van der Waals surface area contributed by atoms with E-state index in [-0.39, 0.29) is 36.3 Å². The Morgan fingerprint density at radius 3 is 2.00 bits per heavy atom. The molecule has 0 atom stereocenters. The number of sulfone groups is 1. The SMILES string of the molecule is CN(C)C(=NCCS(=O)(=O)c1ccc(Br)cc1)N(C)C.I. The Bertz CT molecular complexity index is 562. The Morgan fingerprint density at radius 2 is 1.57 bits per heavy atom. The van der Waals surface area contributed by atoms with Crippen molar-refractivity contribution in [3.8, 4) is 0 Å². The van der Waals surface area contributed by atoms with E-state index >= 15 is 0 Å². The number of hydrogen-bond donors (Lipinski definition) is 0. The normalized spacial score (nSPS) is 10.5. The predicted octanol–water partition coefficient (Wildman–Crippen LogP) is 2.32. The fourth-order valence-electron chi connectivity index (χ4n) is 1.71. The van der Waals surface area contributed by atoms with Gasteiger partial charge in [0.25, 0.3) is 0 Å². The fraction of sp³-hybridized carbons (Fsp3) is 0.462. The van der Waals surface area contributed by atoms with Gasteiger partial charge in [-0.05, 0) is 24.3 Å². The molecule has 1 aromatic carbocycles. The van der Waals surface area contributed by atoms with Gasteiger partial charge in [-0.2, -0.15) is 0 Å². The molecule has 0 aliphatic carbocycles. The van der Waals surface area contributed by atoms with Gasteiger partial charge in [0.05, 0.1) is 17.2 Å². The zero-order valence-corrected chi connectivity index (χ0v) is 17.3. The molecule has 0 amide bonds. The Morgan fingerprint density at radius 1 is 1.10 bits per heavy atom. The van der Waals surface area contributed by atoms with E-state index in [1.165, 1.54) is 0 Å². The van der Waals surface area contributed by atoms with Gasteiger partial charge in [-0.25, -0.2) is 8.42 Å². The third kappa shape index (κ3) is 6.52. The molecule has 0 heterocycles. The first-order valence-electron chi connectivity index (χ1n) is 6.11. The molecule has 0 fully saturated rings. The van der Waals surface area contributed by atoms with Gasteiger partial charge in [0.1, 0.15) is 0 Å². The van der Waals surface area contributed by atoms with Crippen LogP contribution in [-0.4, -0.2) is 64.7 Å². The van der Waals surface area contributed by atoms with Crippen molar-refractivity contribution in [3.05, 3.63) is 28.7 Å². The fourth-order valence-corrected chi connectivity index (χ4v) is 3.09. The van der Waals surface area contributed by atoms with E-state index in [1.54, 1.807) is 24.3 Å². The quantitative estimate of drug-likeness (QED) is 0.370. The Kier molecular flexibility index (Phi) is 8.79. The number of guanidine groups is 1. The van der Waals surface area contributed by atoms with Crippen LogP contribution in [0.3, 0.4) is 0 Å². The zero-order chi connectivity index (χ0) is 15.3. The Labute approximate surface area is 152 Å². The maximum absolute atomic E-state index is 12.2. The molecule has 21 heavy (non-hydrogen) atoms. The first kappa shape index (κ1) is 20.6. The molecule has 0 saturated heterocycles. The Balaban J connectivity index is 0.00000400. The summed E-state index contributed by atoms with van der Waals surface area (Å²) in [5, 5.41) is 0. The second kappa shape index (κ2) is 8.94. The summed E-state index contributed by atoms with van der Waals surface area (Å²) >= 11 is 3.29. The molecule has 0 aliphatic heterocycles. The second-order valence-corrected chi connectivity index (χ2v) is 7.77. The van der Waals surface area contributed by atoms with Gasteiger partial charge < -0.3 is 9.80 Å². The molecule has 0 radical (unpaired) electrons. The van der Waals surface area contributed by atoms with Crippen LogP contribution in [0.25, 0.3) is 0 Å². The van der Waals surface area contributed by atoms with Crippen LogP contribution in [0.1, 0.15) is 0 Å². The van der Waals surface area contributed by atoms with Crippen LogP contribution in [0.15, 0.2) is 38.6 Å². The minimum atomic E-state index is -3.29. The molecule has 1 aromatic rings. The largest absolute Gasteiger partial charge is 0.349 e. The van der Waals surface area contributed by atoms with E-state index in [2.05, 4.69) is 20.9 Å². The third-order valence-electron chi connectivity index (χ3n) is 2.59. The van der Waals surface area contributed by atoms with Crippen molar-refractivity contribution >= 4 is 55.7 Å². The maximum atomic E-state index is 12.2. The highest BCUT2D eigenvalue weighted by molar-refractivity contribution is 14.0. The summed E-state index contributed by atoms with van der Waals surface area (Å²) in [5.41, 5.74) is 0. The van der Waals surface area contributed by atoms with Crippen molar-refractivity contribution in [2.75, 3.05) is 40.5 Å². The van der Waals surface area contributed by atoms with Crippen LogP contribution < -0.4 is 0 Å². The number of rotatable bonds is 4. The molecular weight excluding hydrogens is 469 g/mol. The maximum Gasteiger partial charge on any atom is 0.195 e. The van der Waals surface area contributed by atoms with Crippen molar-refractivity contribution in [2.45, 2.75) is 4.90 Å². The summed E-state index contributed by atoms with van der Waals surface area (Å²) in [7, 11) is 4.22. The minimum Gasteiger partial charge on any atom is -0.349 e. The molecule has 0 aliphatic rings. The summed E-state index contributed by atoms with van der Waals surface area (Å²) in [5.74, 6) is 0.746. The van der Waals surface area contributed by atoms with E-state index < -0.39 is 9.84 Å². The van der Waals surface area contributed by atoms with Gasteiger partial charge >= 0.3 is 0 Å². The molecule has 5 nitrogen and oxygen atoms in total. The van der Waals surface area contributed by atoms with Crippen LogP contribution in [-0.2, 0) is 9.84 Å². The molecule has 120 valence electrons. The van der Waals surface area contributed by atoms with Crippen LogP contribution in [0.5, 0.6) is 0 Å². The average molecular weight is 490 g/mol. The molecular formula is C13H21BrIN3O2S. The lowest BCUT2D eigenvalue weighted by Gasteiger charge is -2.22. The molecule has 0 N–H and O–H groups in total. The molecule has 0 bridgehead atoms. The van der Waals surface area contributed by atoms with Crippen LogP contribution >= 0.6 is 39.9 Å². The second-order valence-electron chi connectivity index (χ2n) is 4.74. The van der Waals surface area contributed by atoms with Crippen molar-refractivity contribution in [1.82, 2.24) is 9.80 Å². The lowest BCUT2D eigenvalue weighted by Crippen LogP contribution is -2.35. The smallest absolute Gasteiger partial charge is 0.195 e. The average Bonchev–Trinajstić information content (AvgIpc) is 2.34. The van der Waals surface area contributed by atoms with E-state index in [1.807, 2.05) is 38.0 Å². The Hall–Kier alpha value is -0.350. The van der Waals surface area contributed by atoms with Crippen molar-refractivity contribution in [1.29, 1.82) is 0 Å². The van der Waals surface area contributed by atoms with Crippen LogP contribution in [0.4, 0.5) is 0 Å². The lowest BCUT2D eigenvalue weighted by molar-refractivity contribution is 0.480. The van der Waals surface area contributed by atoms with Gasteiger partial charge in [0, 0.05) is 32.7 Å². The van der Waals surface area contributed by atoms with E-state index in [0.29, 0.717) is 4.90 Å².